The summed E-state index contributed by atoms with van der Waals surface area (Å²) in [5.41, 5.74) is 3.31. The molecule has 0 bridgehead atoms. The minimum Gasteiger partial charge on any atom is -0.448 e. The molecule has 1 spiro atoms. The summed E-state index contributed by atoms with van der Waals surface area (Å²) in [6.07, 6.45) is 7.85. The molecule has 2 aromatic rings. The summed E-state index contributed by atoms with van der Waals surface area (Å²) in [5, 5.41) is 3.02. The van der Waals surface area contributed by atoms with E-state index in [0.717, 1.165) is 62.5 Å². The van der Waals surface area contributed by atoms with Crippen molar-refractivity contribution in [2.45, 2.75) is 57.3 Å². The van der Waals surface area contributed by atoms with Gasteiger partial charge in [-0.25, -0.2) is 0 Å². The molecule has 2 fully saturated rings. The van der Waals surface area contributed by atoms with Crippen LogP contribution in [0.4, 0.5) is 11.4 Å². The number of benzene rings is 2. The third-order valence-corrected chi connectivity index (χ3v) is 6.73. The minimum absolute atomic E-state index is 0.0302. The number of nitrogens with zero attached hydrogens (tertiary/aromatic N) is 2. The van der Waals surface area contributed by atoms with Gasteiger partial charge in [-0.1, -0.05) is 24.6 Å². The summed E-state index contributed by atoms with van der Waals surface area (Å²) in [6.45, 7) is 3.30. The highest BCUT2D eigenvalue weighted by molar-refractivity contribution is 5.92. The second-order valence-corrected chi connectivity index (χ2v) is 9.38. The molecule has 6 heteroatoms. The molecule has 6 nitrogen and oxygen atoms in total. The first-order chi connectivity index (χ1) is 15.6. The average Bonchev–Trinajstić information content (AvgIpc) is 3.42. The zero-order valence-corrected chi connectivity index (χ0v) is 18.9. The van der Waals surface area contributed by atoms with Crippen molar-refractivity contribution in [3.8, 4) is 11.5 Å². The molecule has 0 unspecified atom stereocenters. The second-order valence-electron chi connectivity index (χ2n) is 9.38. The van der Waals surface area contributed by atoms with E-state index in [9.17, 15) is 4.79 Å². The number of nitrogens with one attached hydrogen (secondary N) is 1. The lowest BCUT2D eigenvalue weighted by molar-refractivity contribution is -0.117. The highest BCUT2D eigenvalue weighted by Gasteiger charge is 2.42. The molecular formula is C26H33N3O3. The highest BCUT2D eigenvalue weighted by Crippen LogP contribution is 2.46. The number of rotatable bonds is 6. The molecule has 2 heterocycles. The van der Waals surface area contributed by atoms with Gasteiger partial charge in [-0.05, 0) is 56.5 Å². The first kappa shape index (κ1) is 21.1. The predicted octanol–water partition coefficient (Wildman–Crippen LogP) is 4.79. The maximum Gasteiger partial charge on any atom is 0.251 e. The average molecular weight is 436 g/mol. The van der Waals surface area contributed by atoms with Gasteiger partial charge in [-0.15, -0.1) is 0 Å². The molecule has 2 aromatic carbocycles. The van der Waals surface area contributed by atoms with Crippen LogP contribution in [0.3, 0.4) is 0 Å². The van der Waals surface area contributed by atoms with Crippen molar-refractivity contribution in [3.05, 3.63) is 48.0 Å². The van der Waals surface area contributed by atoms with Crippen molar-refractivity contribution in [1.82, 2.24) is 4.90 Å². The van der Waals surface area contributed by atoms with Gasteiger partial charge in [0.15, 0.2) is 11.5 Å². The van der Waals surface area contributed by atoms with Crippen molar-refractivity contribution < 1.29 is 14.3 Å². The van der Waals surface area contributed by atoms with Crippen LogP contribution >= 0.6 is 0 Å². The Morgan fingerprint density at radius 2 is 1.75 bits per heavy atom. The molecule has 1 N–H and O–H groups in total. The number of anilines is 2. The fourth-order valence-electron chi connectivity index (χ4n) is 5.17. The van der Waals surface area contributed by atoms with Crippen LogP contribution in [0.2, 0.25) is 0 Å². The van der Waals surface area contributed by atoms with Crippen molar-refractivity contribution in [1.29, 1.82) is 0 Å². The first-order valence-electron chi connectivity index (χ1n) is 11.9. The minimum atomic E-state index is -0.494. The number of hydrogen-bond donors (Lipinski definition) is 1. The first-order valence-corrected chi connectivity index (χ1v) is 11.9. The van der Waals surface area contributed by atoms with E-state index in [2.05, 4.69) is 39.4 Å². The number of carbonyl (C=O) groups excluding carboxylic acids is 1. The summed E-state index contributed by atoms with van der Waals surface area (Å²) >= 11 is 0. The summed E-state index contributed by atoms with van der Waals surface area (Å²) in [4.78, 5) is 17.2. The SMILES string of the molecule is CN(CC(=O)Nc1ccc2c(c1)OC1(CCCCC1)O2)Cc1ccccc1N1CCCC1. The number of amides is 1. The predicted molar refractivity (Wildman–Crippen MR) is 126 cm³/mol. The van der Waals surface area contributed by atoms with Crippen LogP contribution in [0.5, 0.6) is 11.5 Å². The Balaban J connectivity index is 1.18. The quantitative estimate of drug-likeness (QED) is 0.707. The van der Waals surface area contributed by atoms with Gasteiger partial charge in [-0.2, -0.15) is 0 Å². The van der Waals surface area contributed by atoms with E-state index < -0.39 is 5.79 Å². The third kappa shape index (κ3) is 4.56. The maximum atomic E-state index is 12.7. The van der Waals surface area contributed by atoms with E-state index in [1.165, 1.54) is 30.5 Å². The molecular weight excluding hydrogens is 402 g/mol. The molecule has 3 aliphatic rings. The number of likely N-dealkylation sites (N-methyl/N-ethyl adjacent to an activating group) is 1. The Bertz CT molecular complexity index is 965. The summed E-state index contributed by atoms with van der Waals surface area (Å²) in [5.74, 6) is 0.988. The number of para-hydroxylation sites is 1. The lowest BCUT2D eigenvalue weighted by Crippen LogP contribution is -2.40. The van der Waals surface area contributed by atoms with Crippen molar-refractivity contribution in [2.75, 3.05) is 36.9 Å². The maximum absolute atomic E-state index is 12.7. The van der Waals surface area contributed by atoms with Gasteiger partial charge in [-0.3, -0.25) is 9.69 Å². The zero-order valence-electron chi connectivity index (χ0n) is 18.9. The molecule has 0 aromatic heterocycles. The fourth-order valence-corrected chi connectivity index (χ4v) is 5.17. The van der Waals surface area contributed by atoms with E-state index in [1.54, 1.807) is 0 Å². The van der Waals surface area contributed by atoms with Gasteiger partial charge in [0.2, 0.25) is 5.91 Å². The smallest absolute Gasteiger partial charge is 0.251 e. The van der Waals surface area contributed by atoms with Gasteiger partial charge < -0.3 is 19.7 Å². The molecule has 0 radical (unpaired) electrons. The largest absolute Gasteiger partial charge is 0.448 e. The van der Waals surface area contributed by atoms with Crippen LogP contribution in [0.1, 0.15) is 50.5 Å². The number of hydrogen-bond acceptors (Lipinski definition) is 5. The van der Waals surface area contributed by atoms with Gasteiger partial charge in [0, 0.05) is 49.9 Å². The Labute approximate surface area is 190 Å². The van der Waals surface area contributed by atoms with Crippen LogP contribution in [-0.4, -0.2) is 43.3 Å². The summed E-state index contributed by atoms with van der Waals surface area (Å²) in [7, 11) is 1.99. The van der Waals surface area contributed by atoms with Crippen molar-refractivity contribution >= 4 is 17.3 Å². The van der Waals surface area contributed by atoms with Crippen molar-refractivity contribution in [3.63, 3.8) is 0 Å². The lowest BCUT2D eigenvalue weighted by Gasteiger charge is -2.31. The molecule has 170 valence electrons. The summed E-state index contributed by atoms with van der Waals surface area (Å²) in [6, 6.07) is 14.2. The topological polar surface area (TPSA) is 54.0 Å². The second kappa shape index (κ2) is 9.02. The molecule has 5 rings (SSSR count). The number of fused-ring (bicyclic) bond motifs is 1. The van der Waals surface area contributed by atoms with Crippen LogP contribution < -0.4 is 19.7 Å². The van der Waals surface area contributed by atoms with Crippen molar-refractivity contribution in [2.24, 2.45) is 0 Å². The molecule has 32 heavy (non-hydrogen) atoms. The molecule has 0 atom stereocenters. The van der Waals surface area contributed by atoms with E-state index >= 15 is 0 Å². The third-order valence-electron chi connectivity index (χ3n) is 6.73. The summed E-state index contributed by atoms with van der Waals surface area (Å²) < 4.78 is 12.3. The Hall–Kier alpha value is -2.73. The van der Waals surface area contributed by atoms with E-state index in [0.29, 0.717) is 6.54 Å². The standard InChI is InChI=1S/C26H33N3O3/c1-28(18-20-9-3-4-10-22(20)29-15-7-8-16-29)19-25(30)27-21-11-12-23-24(17-21)32-26(31-23)13-5-2-6-14-26/h3-4,9-12,17H,2,5-8,13-16,18-19H2,1H3,(H,27,30). The van der Waals surface area contributed by atoms with Crippen LogP contribution in [0.15, 0.2) is 42.5 Å². The van der Waals surface area contributed by atoms with Gasteiger partial charge in [0.1, 0.15) is 0 Å². The molecule has 1 saturated carbocycles. The normalized spacial score (nSPS) is 19.0. The van der Waals surface area contributed by atoms with Gasteiger partial charge in [0.25, 0.3) is 5.79 Å². The Morgan fingerprint density at radius 1 is 1.00 bits per heavy atom. The monoisotopic (exact) mass is 435 g/mol. The van der Waals surface area contributed by atoms with E-state index in [4.69, 9.17) is 9.47 Å². The number of ether oxygens (including phenoxy) is 2. The van der Waals surface area contributed by atoms with Crippen LogP contribution in [0, 0.1) is 0 Å². The van der Waals surface area contributed by atoms with Crippen LogP contribution in [-0.2, 0) is 11.3 Å². The van der Waals surface area contributed by atoms with E-state index in [-0.39, 0.29) is 5.91 Å². The highest BCUT2D eigenvalue weighted by atomic mass is 16.7. The van der Waals surface area contributed by atoms with E-state index in [1.807, 2.05) is 25.2 Å². The molecule has 1 amide bonds. The van der Waals surface area contributed by atoms with Gasteiger partial charge >= 0.3 is 0 Å². The van der Waals surface area contributed by atoms with Gasteiger partial charge in [0.05, 0.1) is 6.54 Å². The number of carbonyl (C=O) groups is 1. The zero-order chi connectivity index (χ0) is 22.0. The lowest BCUT2D eigenvalue weighted by atomic mass is 9.94. The molecule has 2 aliphatic heterocycles. The Morgan fingerprint density at radius 3 is 2.56 bits per heavy atom. The molecule has 1 aliphatic carbocycles. The van der Waals surface area contributed by atoms with Crippen LogP contribution in [0.25, 0.3) is 0 Å². The molecule has 1 saturated heterocycles. The fraction of sp³-hybridized carbons (Fsp3) is 0.500. The Kier molecular flexibility index (Phi) is 5.96.